The highest BCUT2D eigenvalue weighted by molar-refractivity contribution is 9.09. The topological polar surface area (TPSA) is 24.4 Å². The summed E-state index contributed by atoms with van der Waals surface area (Å²) in [5, 5.41) is 3.89. The highest BCUT2D eigenvalue weighted by Gasteiger charge is 2.11. The van der Waals surface area contributed by atoms with Gasteiger partial charge in [0.15, 0.2) is 0 Å². The molecule has 0 fully saturated rings. The van der Waals surface area contributed by atoms with Crippen LogP contribution in [-0.2, 0) is 0 Å². The predicted octanol–water partition coefficient (Wildman–Crippen LogP) is 2.76. The van der Waals surface area contributed by atoms with Crippen molar-refractivity contribution in [3.8, 4) is 0 Å². The molecule has 1 aromatic carbocycles. The van der Waals surface area contributed by atoms with Gasteiger partial charge in [0.1, 0.15) is 12.5 Å². The van der Waals surface area contributed by atoms with Crippen molar-refractivity contribution in [1.82, 2.24) is 5.32 Å². The van der Waals surface area contributed by atoms with Gasteiger partial charge in [-0.05, 0) is 24.6 Å². The summed E-state index contributed by atoms with van der Waals surface area (Å²) in [5.74, 6) is -0.187. The van der Waals surface area contributed by atoms with Crippen molar-refractivity contribution >= 4 is 21.6 Å². The molecule has 0 unspecified atom stereocenters. The average Bonchev–Trinajstić information content (AvgIpc) is 2.33. The van der Waals surface area contributed by atoms with E-state index >= 15 is 0 Å². The van der Waals surface area contributed by atoms with E-state index in [2.05, 4.69) is 26.2 Å². The number of rotatable bonds is 2. The fraction of sp³-hybridized carbons (Fsp3) is 0.250. The molecule has 1 aromatic rings. The molecule has 1 heterocycles. The Kier molecular flexibility index (Phi) is 3.39. The maximum Gasteiger partial charge on any atom is 0.126 e. The highest BCUT2D eigenvalue weighted by Crippen LogP contribution is 2.16. The van der Waals surface area contributed by atoms with Gasteiger partial charge in [0.25, 0.3) is 0 Å². The van der Waals surface area contributed by atoms with E-state index in [4.69, 9.17) is 0 Å². The van der Waals surface area contributed by atoms with Crippen LogP contribution in [0.15, 0.2) is 35.0 Å². The van der Waals surface area contributed by atoms with Crippen LogP contribution in [0.5, 0.6) is 0 Å². The molecule has 0 radical (unpaired) electrons. The number of nitrogens with one attached hydrogen (secondary N) is 1. The quantitative estimate of drug-likeness (QED) is 0.829. The van der Waals surface area contributed by atoms with Crippen LogP contribution in [0.1, 0.15) is 11.1 Å². The largest absolute Gasteiger partial charge is 0.369 e. The SMILES string of the molecule is Cc1c(F)cccc1C1=NCNC(CBr)=C1. The van der Waals surface area contributed by atoms with E-state index in [-0.39, 0.29) is 5.82 Å². The third-order valence-electron chi connectivity index (χ3n) is 2.55. The summed E-state index contributed by atoms with van der Waals surface area (Å²) >= 11 is 3.38. The van der Waals surface area contributed by atoms with Gasteiger partial charge in [-0.15, -0.1) is 0 Å². The minimum atomic E-state index is -0.187. The molecule has 0 aliphatic carbocycles. The average molecular weight is 283 g/mol. The summed E-state index contributed by atoms with van der Waals surface area (Å²) in [6, 6.07) is 5.07. The van der Waals surface area contributed by atoms with Crippen LogP contribution in [0, 0.1) is 12.7 Å². The van der Waals surface area contributed by atoms with Crippen molar-refractivity contribution in [3.63, 3.8) is 0 Å². The Morgan fingerprint density at radius 3 is 3.06 bits per heavy atom. The second kappa shape index (κ2) is 4.78. The normalized spacial score (nSPS) is 15.2. The molecule has 16 heavy (non-hydrogen) atoms. The van der Waals surface area contributed by atoms with Crippen LogP contribution in [0.25, 0.3) is 0 Å². The number of alkyl halides is 1. The first-order valence-corrected chi connectivity index (χ1v) is 6.15. The number of halogens is 2. The van der Waals surface area contributed by atoms with Gasteiger partial charge >= 0.3 is 0 Å². The van der Waals surface area contributed by atoms with Crippen LogP contribution in [0.3, 0.4) is 0 Å². The summed E-state index contributed by atoms with van der Waals surface area (Å²) in [4.78, 5) is 4.34. The van der Waals surface area contributed by atoms with E-state index < -0.39 is 0 Å². The molecule has 2 nitrogen and oxygen atoms in total. The molecule has 0 amide bonds. The van der Waals surface area contributed by atoms with E-state index in [0.717, 1.165) is 22.3 Å². The second-order valence-corrected chi connectivity index (χ2v) is 4.15. The van der Waals surface area contributed by atoms with Gasteiger partial charge in [-0.2, -0.15) is 0 Å². The fourth-order valence-corrected chi connectivity index (χ4v) is 1.98. The van der Waals surface area contributed by atoms with Crippen LogP contribution in [0.2, 0.25) is 0 Å². The summed E-state index contributed by atoms with van der Waals surface area (Å²) in [6.45, 7) is 2.32. The van der Waals surface area contributed by atoms with Crippen molar-refractivity contribution in [2.45, 2.75) is 6.92 Å². The monoisotopic (exact) mass is 282 g/mol. The zero-order valence-corrected chi connectivity index (χ0v) is 10.5. The maximum atomic E-state index is 13.4. The van der Waals surface area contributed by atoms with Crippen LogP contribution in [-0.4, -0.2) is 17.7 Å². The first-order valence-electron chi connectivity index (χ1n) is 5.02. The smallest absolute Gasteiger partial charge is 0.126 e. The van der Waals surface area contributed by atoms with Crippen molar-refractivity contribution in [2.75, 3.05) is 12.0 Å². The van der Waals surface area contributed by atoms with Crippen molar-refractivity contribution in [2.24, 2.45) is 4.99 Å². The van der Waals surface area contributed by atoms with Gasteiger partial charge in [0.2, 0.25) is 0 Å². The molecule has 0 atom stereocenters. The third kappa shape index (κ3) is 2.16. The number of benzene rings is 1. The third-order valence-corrected chi connectivity index (χ3v) is 3.16. The molecule has 1 N–H and O–H groups in total. The zero-order valence-electron chi connectivity index (χ0n) is 8.93. The first kappa shape index (κ1) is 11.3. The molecule has 0 bridgehead atoms. The van der Waals surface area contributed by atoms with Gasteiger partial charge in [0, 0.05) is 16.6 Å². The van der Waals surface area contributed by atoms with Crippen molar-refractivity contribution in [3.05, 3.63) is 46.9 Å². The lowest BCUT2D eigenvalue weighted by Gasteiger charge is -2.15. The Morgan fingerprint density at radius 2 is 2.31 bits per heavy atom. The van der Waals surface area contributed by atoms with Gasteiger partial charge in [-0.25, -0.2) is 4.39 Å². The lowest BCUT2D eigenvalue weighted by molar-refractivity contribution is 0.618. The lowest BCUT2D eigenvalue weighted by Crippen LogP contribution is -2.22. The number of nitrogens with zero attached hydrogens (tertiary/aromatic N) is 1. The highest BCUT2D eigenvalue weighted by atomic mass is 79.9. The van der Waals surface area contributed by atoms with E-state index in [1.807, 2.05) is 12.1 Å². The minimum Gasteiger partial charge on any atom is -0.369 e. The Labute approximate surface area is 102 Å². The lowest BCUT2D eigenvalue weighted by atomic mass is 10.0. The number of hydrogen-bond acceptors (Lipinski definition) is 2. The summed E-state index contributed by atoms with van der Waals surface area (Å²) in [6.07, 6.45) is 1.94. The molecule has 0 saturated heterocycles. The molecule has 1 aliphatic rings. The van der Waals surface area contributed by atoms with Crippen molar-refractivity contribution < 1.29 is 4.39 Å². The molecular formula is C12H12BrFN2. The first-order chi connectivity index (χ1) is 7.72. The maximum absolute atomic E-state index is 13.4. The molecule has 2 rings (SSSR count). The summed E-state index contributed by atoms with van der Waals surface area (Å²) < 4.78 is 13.4. The van der Waals surface area contributed by atoms with Crippen LogP contribution in [0.4, 0.5) is 4.39 Å². The Balaban J connectivity index is 2.42. The Bertz CT molecular complexity index is 466. The second-order valence-electron chi connectivity index (χ2n) is 3.59. The molecule has 4 heteroatoms. The molecule has 0 aromatic heterocycles. The summed E-state index contributed by atoms with van der Waals surface area (Å²) in [5.41, 5.74) is 3.41. The van der Waals surface area contributed by atoms with E-state index in [1.54, 1.807) is 13.0 Å². The molecular weight excluding hydrogens is 271 g/mol. The van der Waals surface area contributed by atoms with Crippen LogP contribution < -0.4 is 5.32 Å². The van der Waals surface area contributed by atoms with Gasteiger partial charge in [0.05, 0.1) is 5.71 Å². The van der Waals surface area contributed by atoms with Crippen LogP contribution >= 0.6 is 15.9 Å². The molecule has 84 valence electrons. The van der Waals surface area contributed by atoms with Gasteiger partial charge < -0.3 is 5.32 Å². The van der Waals surface area contributed by atoms with E-state index in [0.29, 0.717) is 12.2 Å². The number of allylic oxidation sites excluding steroid dienone is 2. The standard InChI is InChI=1S/C12H12BrFN2/c1-8-10(3-2-4-11(8)14)12-5-9(6-13)15-7-16-12/h2-5,15H,6-7H2,1H3. The predicted molar refractivity (Wildman–Crippen MR) is 67.6 cm³/mol. The van der Waals surface area contributed by atoms with Gasteiger partial charge in [-0.1, -0.05) is 28.1 Å². The van der Waals surface area contributed by atoms with Gasteiger partial charge in [-0.3, -0.25) is 4.99 Å². The molecule has 0 spiro atoms. The minimum absolute atomic E-state index is 0.187. The zero-order chi connectivity index (χ0) is 11.5. The van der Waals surface area contributed by atoms with E-state index in [1.165, 1.54) is 6.07 Å². The number of aliphatic imine (C=N–C) groups is 1. The summed E-state index contributed by atoms with van der Waals surface area (Å²) in [7, 11) is 0. The Morgan fingerprint density at radius 1 is 1.50 bits per heavy atom. The molecule has 1 aliphatic heterocycles. The fourth-order valence-electron chi connectivity index (χ4n) is 1.62. The van der Waals surface area contributed by atoms with Crippen molar-refractivity contribution in [1.29, 1.82) is 0 Å². The number of hydrogen-bond donors (Lipinski definition) is 1. The van der Waals surface area contributed by atoms with E-state index in [9.17, 15) is 4.39 Å². The Hall–Kier alpha value is -1.16. The molecule has 0 saturated carbocycles.